The van der Waals surface area contributed by atoms with Gasteiger partial charge in [-0.05, 0) is 30.3 Å². The molecule has 0 bridgehead atoms. The zero-order valence-corrected chi connectivity index (χ0v) is 19.9. The Bertz CT molecular complexity index is 1010. The quantitative estimate of drug-likeness (QED) is 0.556. The largest absolute Gasteiger partial charge is 0.495 e. The van der Waals surface area contributed by atoms with Crippen LogP contribution in [0.3, 0.4) is 0 Å². The SMILES string of the molecule is COc1ccccc1N1CCN(c2ccnc(N3CCN(c4ccccc4OC)CC3)n2)CC1. The molecule has 0 amide bonds. The van der Waals surface area contributed by atoms with Gasteiger partial charge in [-0.3, -0.25) is 0 Å². The normalized spacial score (nSPS) is 16.5. The topological polar surface area (TPSA) is 57.2 Å². The number of nitrogens with zero attached hydrogens (tertiary/aromatic N) is 6. The summed E-state index contributed by atoms with van der Waals surface area (Å²) in [5, 5.41) is 0. The molecule has 3 heterocycles. The van der Waals surface area contributed by atoms with Crippen LogP contribution in [0.2, 0.25) is 0 Å². The van der Waals surface area contributed by atoms with Crippen molar-refractivity contribution in [3.8, 4) is 11.5 Å². The monoisotopic (exact) mass is 460 g/mol. The maximum atomic E-state index is 5.55. The summed E-state index contributed by atoms with van der Waals surface area (Å²) in [6.07, 6.45) is 1.89. The van der Waals surface area contributed by atoms with E-state index in [1.54, 1.807) is 14.2 Å². The first-order valence-corrected chi connectivity index (χ1v) is 11.9. The molecule has 0 saturated carbocycles. The Hall–Kier alpha value is -3.68. The Morgan fingerprint density at radius 2 is 1.06 bits per heavy atom. The van der Waals surface area contributed by atoms with Gasteiger partial charge in [-0.2, -0.15) is 4.98 Å². The number of hydrogen-bond donors (Lipinski definition) is 0. The Labute approximate surface area is 201 Å². The van der Waals surface area contributed by atoms with E-state index < -0.39 is 0 Å². The predicted molar refractivity (Wildman–Crippen MR) is 137 cm³/mol. The summed E-state index contributed by atoms with van der Waals surface area (Å²) in [7, 11) is 3.46. The molecule has 178 valence electrons. The number of anilines is 4. The lowest BCUT2D eigenvalue weighted by atomic mass is 10.2. The van der Waals surface area contributed by atoms with Crippen LogP contribution in [-0.4, -0.2) is 76.5 Å². The van der Waals surface area contributed by atoms with E-state index >= 15 is 0 Å². The molecule has 0 N–H and O–H groups in total. The van der Waals surface area contributed by atoms with Crippen molar-refractivity contribution < 1.29 is 9.47 Å². The van der Waals surface area contributed by atoms with Crippen molar-refractivity contribution in [2.75, 3.05) is 86.2 Å². The van der Waals surface area contributed by atoms with Crippen LogP contribution in [0.1, 0.15) is 0 Å². The van der Waals surface area contributed by atoms with Crippen LogP contribution >= 0.6 is 0 Å². The molecule has 0 spiro atoms. The molecule has 2 aliphatic rings. The number of ether oxygens (including phenoxy) is 2. The van der Waals surface area contributed by atoms with Crippen molar-refractivity contribution in [3.63, 3.8) is 0 Å². The minimum absolute atomic E-state index is 0.810. The van der Waals surface area contributed by atoms with Gasteiger partial charge in [0.05, 0.1) is 25.6 Å². The zero-order chi connectivity index (χ0) is 23.3. The van der Waals surface area contributed by atoms with E-state index in [1.807, 2.05) is 36.5 Å². The van der Waals surface area contributed by atoms with Gasteiger partial charge < -0.3 is 29.1 Å². The smallest absolute Gasteiger partial charge is 0.227 e. The van der Waals surface area contributed by atoms with Crippen LogP contribution in [0.4, 0.5) is 23.1 Å². The van der Waals surface area contributed by atoms with Crippen LogP contribution in [0, 0.1) is 0 Å². The number of rotatable bonds is 6. The summed E-state index contributed by atoms with van der Waals surface area (Å²) in [5.74, 6) is 3.65. The van der Waals surface area contributed by atoms with Gasteiger partial charge in [-0.1, -0.05) is 24.3 Å². The third kappa shape index (κ3) is 4.53. The first kappa shape index (κ1) is 22.1. The van der Waals surface area contributed by atoms with E-state index in [-0.39, 0.29) is 0 Å². The molecular weight excluding hydrogens is 428 g/mol. The van der Waals surface area contributed by atoms with Crippen LogP contribution in [0.5, 0.6) is 11.5 Å². The van der Waals surface area contributed by atoms with Gasteiger partial charge in [-0.15, -0.1) is 0 Å². The van der Waals surface area contributed by atoms with E-state index in [9.17, 15) is 0 Å². The van der Waals surface area contributed by atoms with E-state index in [1.165, 1.54) is 0 Å². The minimum Gasteiger partial charge on any atom is -0.495 e. The van der Waals surface area contributed by atoms with Gasteiger partial charge in [0, 0.05) is 58.6 Å². The Morgan fingerprint density at radius 3 is 1.59 bits per heavy atom. The average Bonchev–Trinajstić information content (AvgIpc) is 2.93. The molecule has 1 aromatic heterocycles. The van der Waals surface area contributed by atoms with Gasteiger partial charge in [0.2, 0.25) is 5.95 Å². The summed E-state index contributed by atoms with van der Waals surface area (Å²) in [6, 6.07) is 18.4. The highest BCUT2D eigenvalue weighted by Gasteiger charge is 2.24. The van der Waals surface area contributed by atoms with Crippen LogP contribution in [0.15, 0.2) is 60.8 Å². The molecule has 0 aliphatic carbocycles. The van der Waals surface area contributed by atoms with Gasteiger partial charge in [-0.25, -0.2) is 4.98 Å². The summed E-state index contributed by atoms with van der Waals surface area (Å²) >= 11 is 0. The number of methoxy groups -OCH3 is 2. The van der Waals surface area contributed by atoms with Crippen LogP contribution in [0.25, 0.3) is 0 Å². The molecule has 0 radical (unpaired) electrons. The summed E-state index contributed by atoms with van der Waals surface area (Å²) in [5.41, 5.74) is 2.30. The molecule has 3 aromatic rings. The Kier molecular flexibility index (Phi) is 6.56. The molecule has 5 rings (SSSR count). The fourth-order valence-corrected chi connectivity index (χ4v) is 4.77. The molecule has 0 unspecified atom stereocenters. The summed E-state index contributed by atoms with van der Waals surface area (Å²) in [6.45, 7) is 7.25. The maximum Gasteiger partial charge on any atom is 0.227 e. The second-order valence-electron chi connectivity index (χ2n) is 8.51. The number of para-hydroxylation sites is 4. The van der Waals surface area contributed by atoms with E-state index in [4.69, 9.17) is 14.5 Å². The van der Waals surface area contributed by atoms with E-state index in [2.05, 4.69) is 48.8 Å². The van der Waals surface area contributed by atoms with Crippen LogP contribution in [-0.2, 0) is 0 Å². The molecule has 0 atom stereocenters. The Morgan fingerprint density at radius 1 is 0.588 bits per heavy atom. The molecular formula is C26H32N6O2. The van der Waals surface area contributed by atoms with Gasteiger partial charge in [0.1, 0.15) is 17.3 Å². The summed E-state index contributed by atoms with van der Waals surface area (Å²) in [4.78, 5) is 18.9. The third-order valence-corrected chi connectivity index (χ3v) is 6.65. The fraction of sp³-hybridized carbons (Fsp3) is 0.385. The number of benzene rings is 2. The lowest BCUT2D eigenvalue weighted by Gasteiger charge is -2.38. The molecule has 2 fully saturated rings. The number of hydrogen-bond acceptors (Lipinski definition) is 8. The van der Waals surface area contributed by atoms with Gasteiger partial charge in [0.15, 0.2) is 0 Å². The van der Waals surface area contributed by atoms with Gasteiger partial charge in [0.25, 0.3) is 0 Å². The molecule has 2 aliphatic heterocycles. The number of aromatic nitrogens is 2. The van der Waals surface area contributed by atoms with Crippen molar-refractivity contribution in [2.45, 2.75) is 0 Å². The van der Waals surface area contributed by atoms with E-state index in [0.29, 0.717) is 0 Å². The second-order valence-corrected chi connectivity index (χ2v) is 8.51. The fourth-order valence-electron chi connectivity index (χ4n) is 4.77. The number of piperazine rings is 2. The first-order valence-electron chi connectivity index (χ1n) is 11.9. The van der Waals surface area contributed by atoms with Crippen molar-refractivity contribution in [3.05, 3.63) is 60.8 Å². The minimum atomic E-state index is 0.810. The second kappa shape index (κ2) is 10.1. The highest BCUT2D eigenvalue weighted by Crippen LogP contribution is 2.30. The van der Waals surface area contributed by atoms with Crippen molar-refractivity contribution >= 4 is 23.1 Å². The zero-order valence-electron chi connectivity index (χ0n) is 19.9. The molecule has 2 saturated heterocycles. The molecule has 2 aromatic carbocycles. The molecule has 34 heavy (non-hydrogen) atoms. The van der Waals surface area contributed by atoms with Gasteiger partial charge >= 0.3 is 0 Å². The standard InChI is InChI=1S/C26H32N6O2/c1-33-23-9-5-3-7-21(23)29-13-17-31(18-14-29)25-11-12-27-26(28-25)32-19-15-30(16-20-32)22-8-4-6-10-24(22)34-2/h3-12H,13-20H2,1-2H3. The molecule has 8 heteroatoms. The first-order chi connectivity index (χ1) is 16.8. The van der Waals surface area contributed by atoms with Crippen LogP contribution < -0.4 is 29.1 Å². The maximum absolute atomic E-state index is 5.55. The highest BCUT2D eigenvalue weighted by molar-refractivity contribution is 5.60. The predicted octanol–water partition coefficient (Wildman–Crippen LogP) is 3.15. The summed E-state index contributed by atoms with van der Waals surface area (Å²) < 4.78 is 11.1. The third-order valence-electron chi connectivity index (χ3n) is 6.65. The molecule has 8 nitrogen and oxygen atoms in total. The van der Waals surface area contributed by atoms with Crippen molar-refractivity contribution in [2.24, 2.45) is 0 Å². The van der Waals surface area contributed by atoms with E-state index in [0.717, 1.165) is 87.0 Å². The highest BCUT2D eigenvalue weighted by atomic mass is 16.5. The lowest BCUT2D eigenvalue weighted by molar-refractivity contribution is 0.413. The average molecular weight is 461 g/mol. The Balaban J connectivity index is 1.21. The van der Waals surface area contributed by atoms with Crippen molar-refractivity contribution in [1.29, 1.82) is 0 Å². The lowest BCUT2D eigenvalue weighted by Crippen LogP contribution is -2.48. The van der Waals surface area contributed by atoms with Crippen molar-refractivity contribution in [1.82, 2.24) is 9.97 Å².